The number of rotatable bonds is 7. The summed E-state index contributed by atoms with van der Waals surface area (Å²) in [6.07, 6.45) is 11.8. The van der Waals surface area contributed by atoms with Gasteiger partial charge in [-0.3, -0.25) is 0 Å². The third kappa shape index (κ3) is 5.35. The zero-order valence-electron chi connectivity index (χ0n) is 14.4. The van der Waals surface area contributed by atoms with Gasteiger partial charge in [0.15, 0.2) is 0 Å². The molecular formula is C19H27N5. The summed E-state index contributed by atoms with van der Waals surface area (Å²) in [5.74, 6) is 1.28. The highest BCUT2D eigenvalue weighted by atomic mass is 15.2. The first-order valence-corrected chi connectivity index (χ1v) is 8.32. The predicted octanol–water partition coefficient (Wildman–Crippen LogP) is 2.78. The molecule has 0 aromatic carbocycles. The Morgan fingerprint density at radius 1 is 1.33 bits per heavy atom. The van der Waals surface area contributed by atoms with Gasteiger partial charge in [0, 0.05) is 37.4 Å². The van der Waals surface area contributed by atoms with Crippen molar-refractivity contribution in [2.75, 3.05) is 30.3 Å². The number of allylic oxidation sites excluding steroid dienone is 4. The first-order chi connectivity index (χ1) is 11.6. The molecule has 1 fully saturated rings. The van der Waals surface area contributed by atoms with Crippen LogP contribution in [0.2, 0.25) is 0 Å². The third-order valence-electron chi connectivity index (χ3n) is 4.09. The van der Waals surface area contributed by atoms with Crippen molar-refractivity contribution < 1.29 is 0 Å². The van der Waals surface area contributed by atoms with E-state index in [1.54, 1.807) is 6.08 Å². The molecule has 1 aliphatic heterocycles. The molecule has 128 valence electrons. The van der Waals surface area contributed by atoms with Crippen LogP contribution < -0.4 is 16.0 Å². The molecule has 24 heavy (non-hydrogen) atoms. The quantitative estimate of drug-likeness (QED) is 0.755. The van der Waals surface area contributed by atoms with E-state index in [-0.39, 0.29) is 0 Å². The monoisotopic (exact) mass is 325 g/mol. The van der Waals surface area contributed by atoms with Gasteiger partial charge in [-0.1, -0.05) is 43.5 Å². The van der Waals surface area contributed by atoms with Crippen LogP contribution in [0.1, 0.15) is 18.5 Å². The lowest BCUT2D eigenvalue weighted by Gasteiger charge is -2.33. The molecule has 3 N–H and O–H groups in total. The average Bonchev–Trinajstić information content (AvgIpc) is 2.57. The van der Waals surface area contributed by atoms with Crippen molar-refractivity contribution in [3.05, 3.63) is 60.9 Å². The SMILES string of the molecule is C=C/C=C\C=C(/C=C)CNC1CCN(c2cc(C)nc(N)n2)CC1. The molecular weight excluding hydrogens is 298 g/mol. The predicted molar refractivity (Wildman–Crippen MR) is 102 cm³/mol. The van der Waals surface area contributed by atoms with Gasteiger partial charge < -0.3 is 16.0 Å². The molecule has 0 amide bonds. The molecule has 0 aliphatic carbocycles. The Morgan fingerprint density at radius 3 is 2.71 bits per heavy atom. The second kappa shape index (κ2) is 9.03. The van der Waals surface area contributed by atoms with Crippen molar-refractivity contribution in [1.29, 1.82) is 0 Å². The number of piperidine rings is 1. The van der Waals surface area contributed by atoms with E-state index in [0.29, 0.717) is 12.0 Å². The summed E-state index contributed by atoms with van der Waals surface area (Å²) in [4.78, 5) is 10.8. The second-order valence-corrected chi connectivity index (χ2v) is 5.93. The van der Waals surface area contributed by atoms with E-state index < -0.39 is 0 Å². The zero-order valence-corrected chi connectivity index (χ0v) is 14.4. The van der Waals surface area contributed by atoms with E-state index in [1.165, 1.54) is 5.57 Å². The Labute approximate surface area is 144 Å². The molecule has 0 bridgehead atoms. The fourth-order valence-corrected chi connectivity index (χ4v) is 2.77. The van der Waals surface area contributed by atoms with Crippen molar-refractivity contribution >= 4 is 11.8 Å². The van der Waals surface area contributed by atoms with Gasteiger partial charge >= 0.3 is 0 Å². The summed E-state index contributed by atoms with van der Waals surface area (Å²) in [5.41, 5.74) is 7.84. The van der Waals surface area contributed by atoms with E-state index >= 15 is 0 Å². The number of hydrogen-bond acceptors (Lipinski definition) is 5. The molecule has 1 saturated heterocycles. The number of aromatic nitrogens is 2. The summed E-state index contributed by atoms with van der Waals surface area (Å²) in [5, 5.41) is 3.61. The minimum absolute atomic E-state index is 0.346. The van der Waals surface area contributed by atoms with Crippen LogP contribution in [-0.4, -0.2) is 35.6 Å². The fraction of sp³-hybridized carbons (Fsp3) is 0.368. The van der Waals surface area contributed by atoms with Crippen LogP contribution in [0.5, 0.6) is 0 Å². The van der Waals surface area contributed by atoms with Crippen LogP contribution in [0.3, 0.4) is 0 Å². The van der Waals surface area contributed by atoms with Crippen molar-refractivity contribution in [3.63, 3.8) is 0 Å². The van der Waals surface area contributed by atoms with Crippen molar-refractivity contribution in [1.82, 2.24) is 15.3 Å². The summed E-state index contributed by atoms with van der Waals surface area (Å²) in [7, 11) is 0. The van der Waals surface area contributed by atoms with Crippen molar-refractivity contribution in [2.24, 2.45) is 0 Å². The van der Waals surface area contributed by atoms with Gasteiger partial charge in [0.25, 0.3) is 0 Å². The molecule has 0 atom stereocenters. The maximum atomic E-state index is 5.75. The van der Waals surface area contributed by atoms with Gasteiger partial charge in [-0.15, -0.1) is 0 Å². The number of nitrogens with zero attached hydrogens (tertiary/aromatic N) is 3. The Balaban J connectivity index is 1.84. The van der Waals surface area contributed by atoms with Crippen LogP contribution in [0.4, 0.5) is 11.8 Å². The van der Waals surface area contributed by atoms with E-state index in [2.05, 4.69) is 39.4 Å². The number of nitrogens with two attached hydrogens (primary N) is 1. The normalized spacial score (nSPS) is 16.5. The van der Waals surface area contributed by atoms with Crippen LogP contribution in [-0.2, 0) is 0 Å². The number of nitrogens with one attached hydrogen (secondary N) is 1. The Bertz CT molecular complexity index is 604. The Hall–Kier alpha value is -2.40. The number of anilines is 2. The summed E-state index contributed by atoms with van der Waals surface area (Å²) in [6.45, 7) is 12.2. The standard InChI is InChI=1S/C19H27N5/c1-4-6-7-8-16(5-2)14-21-17-9-11-24(12-10-17)18-13-15(3)22-19(20)23-18/h4-8,13,17,21H,1-2,9-12,14H2,3H3,(H2,20,22,23)/b7-6-,16-8+. The lowest BCUT2D eigenvalue weighted by Crippen LogP contribution is -2.43. The molecule has 0 radical (unpaired) electrons. The maximum Gasteiger partial charge on any atom is 0.222 e. The first-order valence-electron chi connectivity index (χ1n) is 8.32. The van der Waals surface area contributed by atoms with Crippen LogP contribution in [0, 0.1) is 6.92 Å². The molecule has 2 heterocycles. The first kappa shape index (κ1) is 17.9. The smallest absolute Gasteiger partial charge is 0.222 e. The lowest BCUT2D eigenvalue weighted by molar-refractivity contribution is 0.427. The zero-order chi connectivity index (χ0) is 17.4. The topological polar surface area (TPSA) is 67.1 Å². The largest absolute Gasteiger partial charge is 0.368 e. The summed E-state index contributed by atoms with van der Waals surface area (Å²) >= 11 is 0. The lowest BCUT2D eigenvalue weighted by atomic mass is 10.0. The van der Waals surface area contributed by atoms with Gasteiger partial charge in [0.05, 0.1) is 0 Å². The van der Waals surface area contributed by atoms with Crippen LogP contribution in [0.25, 0.3) is 0 Å². The minimum Gasteiger partial charge on any atom is -0.368 e. The van der Waals surface area contributed by atoms with Gasteiger partial charge in [-0.25, -0.2) is 4.98 Å². The summed E-state index contributed by atoms with van der Waals surface area (Å²) in [6, 6.07) is 2.50. The van der Waals surface area contributed by atoms with Gasteiger partial charge in [0.2, 0.25) is 5.95 Å². The van der Waals surface area contributed by atoms with Crippen molar-refractivity contribution in [2.45, 2.75) is 25.8 Å². The highest BCUT2D eigenvalue weighted by Gasteiger charge is 2.20. The van der Waals surface area contributed by atoms with E-state index in [4.69, 9.17) is 5.73 Å². The molecule has 0 spiro atoms. The van der Waals surface area contributed by atoms with Gasteiger partial charge in [-0.05, 0) is 25.3 Å². The van der Waals surface area contributed by atoms with Crippen molar-refractivity contribution in [3.8, 4) is 0 Å². The molecule has 5 heteroatoms. The maximum absolute atomic E-state index is 5.75. The third-order valence-corrected chi connectivity index (χ3v) is 4.09. The average molecular weight is 325 g/mol. The molecule has 1 aromatic rings. The number of nitrogen functional groups attached to an aromatic ring is 1. The molecule has 5 nitrogen and oxygen atoms in total. The molecule has 0 unspecified atom stereocenters. The second-order valence-electron chi connectivity index (χ2n) is 5.93. The molecule has 1 aromatic heterocycles. The number of hydrogen-bond donors (Lipinski definition) is 2. The summed E-state index contributed by atoms with van der Waals surface area (Å²) < 4.78 is 0. The fourth-order valence-electron chi connectivity index (χ4n) is 2.77. The van der Waals surface area contributed by atoms with E-state index in [9.17, 15) is 0 Å². The minimum atomic E-state index is 0.346. The highest BCUT2D eigenvalue weighted by molar-refractivity contribution is 5.43. The van der Waals surface area contributed by atoms with Crippen LogP contribution in [0.15, 0.2) is 55.2 Å². The highest BCUT2D eigenvalue weighted by Crippen LogP contribution is 2.19. The van der Waals surface area contributed by atoms with Gasteiger partial charge in [0.1, 0.15) is 5.82 Å². The van der Waals surface area contributed by atoms with Crippen LogP contribution >= 0.6 is 0 Å². The molecule has 1 aliphatic rings. The number of aryl methyl sites for hydroxylation is 1. The van der Waals surface area contributed by atoms with E-state index in [0.717, 1.165) is 44.0 Å². The van der Waals surface area contributed by atoms with E-state index in [1.807, 2.05) is 31.2 Å². The molecule has 2 rings (SSSR count). The Kier molecular flexibility index (Phi) is 6.75. The molecule has 0 saturated carbocycles. The van der Waals surface area contributed by atoms with Gasteiger partial charge in [-0.2, -0.15) is 4.98 Å². The Morgan fingerprint density at radius 2 is 2.08 bits per heavy atom.